The topological polar surface area (TPSA) is 70.7 Å². The zero-order chi connectivity index (χ0) is 22.1. The Labute approximate surface area is 185 Å². The standard InChI is InChI=1S/C25H33N3O3/c1-19-9-3-4-10-20(19)17-28-15-7-11-21(18-28)24(29)27-23-13-6-5-12-22(23)25(30)26-14-8-16-31-2/h3-6,9-10,12-13,21H,7-8,11,14-18H2,1-2H3,(H,26,30)(H,27,29). The summed E-state index contributed by atoms with van der Waals surface area (Å²) in [6, 6.07) is 15.6. The molecule has 6 nitrogen and oxygen atoms in total. The molecule has 6 heteroatoms. The van der Waals surface area contributed by atoms with E-state index in [1.54, 1.807) is 19.2 Å². The lowest BCUT2D eigenvalue weighted by Crippen LogP contribution is -2.40. The summed E-state index contributed by atoms with van der Waals surface area (Å²) in [5.41, 5.74) is 3.63. The van der Waals surface area contributed by atoms with E-state index in [4.69, 9.17) is 4.74 Å². The van der Waals surface area contributed by atoms with Gasteiger partial charge in [-0.3, -0.25) is 14.5 Å². The molecule has 3 rings (SSSR count). The zero-order valence-corrected chi connectivity index (χ0v) is 18.5. The van der Waals surface area contributed by atoms with Crippen LogP contribution in [0.2, 0.25) is 0 Å². The second kappa shape index (κ2) is 11.6. The maximum Gasteiger partial charge on any atom is 0.253 e. The van der Waals surface area contributed by atoms with Crippen LogP contribution in [0.1, 0.15) is 40.7 Å². The first-order valence-corrected chi connectivity index (χ1v) is 11.0. The van der Waals surface area contributed by atoms with Crippen molar-refractivity contribution in [3.63, 3.8) is 0 Å². The molecule has 166 valence electrons. The Bertz CT molecular complexity index is 884. The summed E-state index contributed by atoms with van der Waals surface area (Å²) in [6.45, 7) is 5.84. The number of hydrogen-bond donors (Lipinski definition) is 2. The van der Waals surface area contributed by atoms with E-state index in [2.05, 4.69) is 46.7 Å². The van der Waals surface area contributed by atoms with Gasteiger partial charge in [0.05, 0.1) is 17.2 Å². The highest BCUT2D eigenvalue weighted by atomic mass is 16.5. The summed E-state index contributed by atoms with van der Waals surface area (Å²) < 4.78 is 5.01. The van der Waals surface area contributed by atoms with Crippen molar-refractivity contribution in [1.29, 1.82) is 0 Å². The second-order valence-corrected chi connectivity index (χ2v) is 8.14. The van der Waals surface area contributed by atoms with Gasteiger partial charge in [-0.05, 0) is 56.0 Å². The van der Waals surface area contributed by atoms with Crippen LogP contribution in [-0.4, -0.2) is 50.1 Å². The Morgan fingerprint density at radius 3 is 2.71 bits per heavy atom. The van der Waals surface area contributed by atoms with Crippen molar-refractivity contribution in [2.45, 2.75) is 32.7 Å². The van der Waals surface area contributed by atoms with Crippen LogP contribution in [0.4, 0.5) is 5.69 Å². The van der Waals surface area contributed by atoms with Gasteiger partial charge < -0.3 is 15.4 Å². The zero-order valence-electron chi connectivity index (χ0n) is 18.5. The molecule has 1 aliphatic heterocycles. The lowest BCUT2D eigenvalue weighted by atomic mass is 9.96. The molecule has 1 saturated heterocycles. The number of aryl methyl sites for hydroxylation is 1. The van der Waals surface area contributed by atoms with Crippen LogP contribution in [0, 0.1) is 12.8 Å². The number of ether oxygens (including phenoxy) is 1. The fourth-order valence-electron chi connectivity index (χ4n) is 3.98. The summed E-state index contributed by atoms with van der Waals surface area (Å²) >= 11 is 0. The predicted molar refractivity (Wildman–Crippen MR) is 123 cm³/mol. The van der Waals surface area contributed by atoms with Crippen molar-refractivity contribution >= 4 is 17.5 Å². The van der Waals surface area contributed by atoms with E-state index in [0.717, 1.165) is 38.9 Å². The molecule has 0 aliphatic carbocycles. The van der Waals surface area contributed by atoms with E-state index in [0.29, 0.717) is 24.4 Å². The fraction of sp³-hybridized carbons (Fsp3) is 0.440. The van der Waals surface area contributed by atoms with Crippen LogP contribution in [-0.2, 0) is 16.1 Å². The number of hydrogen-bond acceptors (Lipinski definition) is 4. The van der Waals surface area contributed by atoms with Gasteiger partial charge in [-0.25, -0.2) is 0 Å². The average Bonchev–Trinajstić information content (AvgIpc) is 2.79. The van der Waals surface area contributed by atoms with E-state index in [1.807, 2.05) is 12.1 Å². The lowest BCUT2D eigenvalue weighted by molar-refractivity contribution is -0.121. The van der Waals surface area contributed by atoms with Crippen LogP contribution in [0.25, 0.3) is 0 Å². The number of likely N-dealkylation sites (tertiary alicyclic amines) is 1. The summed E-state index contributed by atoms with van der Waals surface area (Å²) in [4.78, 5) is 27.9. The summed E-state index contributed by atoms with van der Waals surface area (Å²) in [5, 5.41) is 5.90. The first-order chi connectivity index (χ1) is 15.1. The van der Waals surface area contributed by atoms with Gasteiger partial charge >= 0.3 is 0 Å². The number of anilines is 1. The van der Waals surface area contributed by atoms with Crippen LogP contribution < -0.4 is 10.6 Å². The third-order valence-electron chi connectivity index (χ3n) is 5.77. The highest BCUT2D eigenvalue weighted by Crippen LogP contribution is 2.23. The van der Waals surface area contributed by atoms with Gasteiger partial charge in [0.25, 0.3) is 5.91 Å². The normalized spacial score (nSPS) is 16.6. The van der Waals surface area contributed by atoms with Crippen LogP contribution in [0.15, 0.2) is 48.5 Å². The Hall–Kier alpha value is -2.70. The Morgan fingerprint density at radius 2 is 1.90 bits per heavy atom. The highest BCUT2D eigenvalue weighted by Gasteiger charge is 2.27. The van der Waals surface area contributed by atoms with Gasteiger partial charge in [0, 0.05) is 33.4 Å². The molecular weight excluding hydrogens is 390 g/mol. The number of piperidine rings is 1. The first-order valence-electron chi connectivity index (χ1n) is 11.0. The molecule has 1 aliphatic rings. The van der Waals surface area contributed by atoms with E-state index < -0.39 is 0 Å². The summed E-state index contributed by atoms with van der Waals surface area (Å²) in [6.07, 6.45) is 2.60. The average molecular weight is 424 g/mol. The quantitative estimate of drug-likeness (QED) is 0.605. The maximum atomic E-state index is 13.0. The highest BCUT2D eigenvalue weighted by molar-refractivity contribution is 6.04. The molecule has 0 aromatic heterocycles. The minimum atomic E-state index is -0.183. The number of methoxy groups -OCH3 is 1. The van der Waals surface area contributed by atoms with Gasteiger partial charge in [0.15, 0.2) is 0 Å². The number of nitrogens with one attached hydrogen (secondary N) is 2. The van der Waals surface area contributed by atoms with Gasteiger partial charge in [-0.1, -0.05) is 36.4 Å². The van der Waals surface area contributed by atoms with Gasteiger partial charge in [0.1, 0.15) is 0 Å². The molecule has 0 bridgehead atoms. The number of benzene rings is 2. The second-order valence-electron chi connectivity index (χ2n) is 8.14. The molecule has 1 fully saturated rings. The smallest absolute Gasteiger partial charge is 0.253 e. The monoisotopic (exact) mass is 423 g/mol. The lowest BCUT2D eigenvalue weighted by Gasteiger charge is -2.32. The minimum Gasteiger partial charge on any atom is -0.385 e. The predicted octanol–water partition coefficient (Wildman–Crippen LogP) is 3.61. The van der Waals surface area contributed by atoms with E-state index in [9.17, 15) is 9.59 Å². The number of nitrogens with zero attached hydrogens (tertiary/aromatic N) is 1. The third kappa shape index (κ3) is 6.64. The van der Waals surface area contributed by atoms with Crippen LogP contribution >= 0.6 is 0 Å². The molecule has 2 aromatic carbocycles. The molecule has 2 aromatic rings. The van der Waals surface area contributed by atoms with Crippen molar-refractivity contribution in [2.24, 2.45) is 5.92 Å². The third-order valence-corrected chi connectivity index (χ3v) is 5.77. The number of para-hydroxylation sites is 1. The first kappa shape index (κ1) is 23.0. The molecule has 1 atom stereocenters. The molecule has 1 unspecified atom stereocenters. The Morgan fingerprint density at radius 1 is 1.13 bits per heavy atom. The molecule has 0 radical (unpaired) electrons. The Kier molecular flexibility index (Phi) is 8.62. The molecule has 0 saturated carbocycles. The molecular formula is C25H33N3O3. The fourth-order valence-corrected chi connectivity index (χ4v) is 3.98. The number of carbonyl (C=O) groups is 2. The van der Waals surface area contributed by atoms with Crippen LogP contribution in [0.3, 0.4) is 0 Å². The molecule has 0 spiro atoms. The Balaban J connectivity index is 1.59. The van der Waals surface area contributed by atoms with E-state index >= 15 is 0 Å². The number of amides is 2. The van der Waals surface area contributed by atoms with Crippen molar-refractivity contribution in [3.05, 3.63) is 65.2 Å². The number of rotatable bonds is 9. The summed E-state index contributed by atoms with van der Waals surface area (Å²) in [7, 11) is 1.64. The number of carbonyl (C=O) groups excluding carboxylic acids is 2. The molecule has 2 N–H and O–H groups in total. The van der Waals surface area contributed by atoms with Gasteiger partial charge in [-0.2, -0.15) is 0 Å². The maximum absolute atomic E-state index is 13.0. The van der Waals surface area contributed by atoms with Crippen LogP contribution in [0.5, 0.6) is 0 Å². The SMILES string of the molecule is COCCCNC(=O)c1ccccc1NC(=O)C1CCCN(Cc2ccccc2C)C1. The van der Waals surface area contributed by atoms with Crippen molar-refractivity contribution in [2.75, 3.05) is 38.7 Å². The van der Waals surface area contributed by atoms with Crippen molar-refractivity contribution in [3.8, 4) is 0 Å². The molecule has 2 amide bonds. The minimum absolute atomic E-state index is 0.0193. The summed E-state index contributed by atoms with van der Waals surface area (Å²) in [5.74, 6) is -0.290. The largest absolute Gasteiger partial charge is 0.385 e. The van der Waals surface area contributed by atoms with E-state index in [1.165, 1.54) is 11.1 Å². The molecule has 31 heavy (non-hydrogen) atoms. The molecule has 1 heterocycles. The van der Waals surface area contributed by atoms with Gasteiger partial charge in [0.2, 0.25) is 5.91 Å². The van der Waals surface area contributed by atoms with Gasteiger partial charge in [-0.15, -0.1) is 0 Å². The van der Waals surface area contributed by atoms with Crippen molar-refractivity contribution < 1.29 is 14.3 Å². The van der Waals surface area contributed by atoms with E-state index in [-0.39, 0.29) is 17.7 Å². The van der Waals surface area contributed by atoms with Crippen molar-refractivity contribution in [1.82, 2.24) is 10.2 Å².